The largest absolute Gasteiger partial charge is 0.359 e. The van der Waals surface area contributed by atoms with Gasteiger partial charge < -0.3 is 5.32 Å². The van der Waals surface area contributed by atoms with E-state index in [1.807, 2.05) is 32.0 Å². The van der Waals surface area contributed by atoms with Gasteiger partial charge in [-0.15, -0.1) is 0 Å². The Morgan fingerprint density at radius 1 is 1.19 bits per heavy atom. The molecule has 0 bridgehead atoms. The molecule has 0 spiro atoms. The molecular formula is C17H15ClFNO. The topological polar surface area (TPSA) is 29.1 Å². The summed E-state index contributed by atoms with van der Waals surface area (Å²) in [6.45, 7) is 3.81. The highest BCUT2D eigenvalue weighted by atomic mass is 35.5. The van der Waals surface area contributed by atoms with E-state index in [9.17, 15) is 9.18 Å². The van der Waals surface area contributed by atoms with Gasteiger partial charge in [-0.3, -0.25) is 4.79 Å². The third kappa shape index (κ3) is 3.92. The molecular weight excluding hydrogens is 289 g/mol. The van der Waals surface area contributed by atoms with Gasteiger partial charge in [0.15, 0.2) is 5.78 Å². The minimum absolute atomic E-state index is 0.127. The van der Waals surface area contributed by atoms with Crippen molar-refractivity contribution in [2.45, 2.75) is 13.8 Å². The molecule has 0 amide bonds. The second-order valence-electron chi connectivity index (χ2n) is 4.78. The van der Waals surface area contributed by atoms with Crippen LogP contribution in [0, 0.1) is 19.7 Å². The van der Waals surface area contributed by atoms with Crippen LogP contribution < -0.4 is 5.32 Å². The molecule has 0 saturated heterocycles. The zero-order chi connectivity index (χ0) is 15.4. The number of anilines is 1. The van der Waals surface area contributed by atoms with Crippen molar-refractivity contribution in [3.05, 3.63) is 76.2 Å². The molecule has 2 aromatic rings. The van der Waals surface area contributed by atoms with Gasteiger partial charge in [-0.25, -0.2) is 4.39 Å². The molecule has 0 unspecified atom stereocenters. The average Bonchev–Trinajstić information content (AvgIpc) is 2.43. The van der Waals surface area contributed by atoms with Crippen LogP contribution in [0.2, 0.25) is 5.02 Å². The molecule has 1 N–H and O–H groups in total. The number of hydrogen-bond acceptors (Lipinski definition) is 2. The van der Waals surface area contributed by atoms with E-state index in [2.05, 4.69) is 5.32 Å². The summed E-state index contributed by atoms with van der Waals surface area (Å²) in [7, 11) is 0. The van der Waals surface area contributed by atoms with E-state index < -0.39 is 5.82 Å². The number of rotatable bonds is 4. The highest BCUT2D eigenvalue weighted by molar-refractivity contribution is 6.30. The van der Waals surface area contributed by atoms with Crippen LogP contribution in [0.25, 0.3) is 0 Å². The number of benzene rings is 2. The molecule has 0 radical (unpaired) electrons. The maximum Gasteiger partial charge on any atom is 0.187 e. The molecule has 0 aliphatic carbocycles. The molecule has 4 heteroatoms. The van der Waals surface area contributed by atoms with Crippen molar-refractivity contribution >= 4 is 23.1 Å². The lowest BCUT2D eigenvalue weighted by Gasteiger charge is -2.04. The van der Waals surface area contributed by atoms with Gasteiger partial charge in [-0.2, -0.15) is 0 Å². The van der Waals surface area contributed by atoms with E-state index in [-0.39, 0.29) is 11.5 Å². The zero-order valence-corrected chi connectivity index (χ0v) is 12.5. The number of carbonyl (C=O) groups is 1. The van der Waals surface area contributed by atoms with Gasteiger partial charge in [0, 0.05) is 22.9 Å². The highest BCUT2D eigenvalue weighted by Crippen LogP contribution is 2.19. The number of aryl methyl sites for hydroxylation is 2. The summed E-state index contributed by atoms with van der Waals surface area (Å²) in [5.41, 5.74) is 2.84. The molecule has 0 atom stereocenters. The second kappa shape index (κ2) is 6.55. The van der Waals surface area contributed by atoms with E-state index in [1.165, 1.54) is 24.4 Å². The van der Waals surface area contributed by atoms with E-state index in [0.717, 1.165) is 11.1 Å². The first-order chi connectivity index (χ1) is 9.97. The Morgan fingerprint density at radius 3 is 2.67 bits per heavy atom. The molecule has 0 aliphatic heterocycles. The maximum absolute atomic E-state index is 13.5. The quantitative estimate of drug-likeness (QED) is 0.642. The van der Waals surface area contributed by atoms with Crippen molar-refractivity contribution in [1.29, 1.82) is 0 Å². The van der Waals surface area contributed by atoms with Gasteiger partial charge in [-0.1, -0.05) is 29.3 Å². The predicted octanol–water partition coefficient (Wildman–Crippen LogP) is 4.90. The predicted molar refractivity (Wildman–Crippen MR) is 84.4 cm³/mol. The molecule has 2 nitrogen and oxygen atoms in total. The fourth-order valence-corrected chi connectivity index (χ4v) is 2.06. The van der Waals surface area contributed by atoms with Crippen molar-refractivity contribution in [3.8, 4) is 0 Å². The van der Waals surface area contributed by atoms with Gasteiger partial charge in [0.2, 0.25) is 0 Å². The zero-order valence-electron chi connectivity index (χ0n) is 11.8. The Balaban J connectivity index is 2.10. The van der Waals surface area contributed by atoms with Crippen LogP contribution in [0.3, 0.4) is 0 Å². The number of allylic oxidation sites excluding steroid dienone is 1. The van der Waals surface area contributed by atoms with Gasteiger partial charge in [0.05, 0.1) is 5.69 Å². The maximum atomic E-state index is 13.5. The number of halogens is 2. The summed E-state index contributed by atoms with van der Waals surface area (Å²) >= 11 is 5.67. The smallest absolute Gasteiger partial charge is 0.187 e. The fourth-order valence-electron chi connectivity index (χ4n) is 1.90. The lowest BCUT2D eigenvalue weighted by Crippen LogP contribution is -2.00. The number of carbonyl (C=O) groups excluding carboxylic acids is 1. The molecule has 0 fully saturated rings. The Kier molecular flexibility index (Phi) is 4.76. The Labute approximate surface area is 128 Å². The van der Waals surface area contributed by atoms with Crippen LogP contribution in [0.15, 0.2) is 48.7 Å². The van der Waals surface area contributed by atoms with E-state index in [4.69, 9.17) is 11.6 Å². The van der Waals surface area contributed by atoms with Crippen LogP contribution in [-0.2, 0) is 0 Å². The summed E-state index contributed by atoms with van der Waals surface area (Å²) < 4.78 is 13.5. The summed E-state index contributed by atoms with van der Waals surface area (Å²) in [6.07, 6.45) is 2.81. The first kappa shape index (κ1) is 15.3. The molecule has 21 heavy (non-hydrogen) atoms. The molecule has 0 heterocycles. The Bertz CT molecular complexity index is 710. The van der Waals surface area contributed by atoms with Crippen molar-refractivity contribution in [2.75, 3.05) is 5.32 Å². The van der Waals surface area contributed by atoms with E-state index in [0.29, 0.717) is 10.6 Å². The molecule has 0 aromatic heterocycles. The number of ketones is 1. The monoisotopic (exact) mass is 303 g/mol. The lowest BCUT2D eigenvalue weighted by molar-refractivity contribution is 0.104. The minimum atomic E-state index is -0.466. The number of nitrogens with one attached hydrogen (secondary N) is 1. The van der Waals surface area contributed by atoms with Crippen LogP contribution in [0.4, 0.5) is 10.1 Å². The summed E-state index contributed by atoms with van der Waals surface area (Å²) in [5.74, 6) is -0.593. The van der Waals surface area contributed by atoms with Crippen molar-refractivity contribution in [3.63, 3.8) is 0 Å². The number of hydrogen-bond donors (Lipinski definition) is 1. The van der Waals surface area contributed by atoms with Gasteiger partial charge in [0.25, 0.3) is 0 Å². The van der Waals surface area contributed by atoms with Gasteiger partial charge in [0.1, 0.15) is 5.82 Å². The Morgan fingerprint density at radius 2 is 1.95 bits per heavy atom. The normalized spacial score (nSPS) is 10.9. The first-order valence-corrected chi connectivity index (χ1v) is 6.85. The molecule has 2 rings (SSSR count). The molecule has 0 aliphatic rings. The van der Waals surface area contributed by atoms with E-state index >= 15 is 0 Å². The standard InChI is InChI=1S/C17H15ClFNO/c1-11-3-4-12(2)14(9-11)17(21)7-8-20-16-6-5-13(18)10-15(16)19/h3-10,20H,1-2H3. The molecule has 2 aromatic carbocycles. The van der Waals surface area contributed by atoms with Gasteiger partial charge >= 0.3 is 0 Å². The SMILES string of the molecule is Cc1ccc(C)c(C(=O)C=CNc2ccc(Cl)cc2F)c1. The summed E-state index contributed by atoms with van der Waals surface area (Å²) in [6, 6.07) is 10.0. The highest BCUT2D eigenvalue weighted by Gasteiger charge is 2.06. The van der Waals surface area contributed by atoms with Crippen LogP contribution in [0.5, 0.6) is 0 Å². The summed E-state index contributed by atoms with van der Waals surface area (Å²) in [4.78, 5) is 12.1. The molecule has 0 saturated carbocycles. The van der Waals surface area contributed by atoms with Crippen molar-refractivity contribution in [1.82, 2.24) is 0 Å². The van der Waals surface area contributed by atoms with Gasteiger partial charge in [-0.05, 0) is 43.7 Å². The average molecular weight is 304 g/mol. The third-order valence-electron chi connectivity index (χ3n) is 3.06. The second-order valence-corrected chi connectivity index (χ2v) is 5.22. The minimum Gasteiger partial charge on any atom is -0.359 e. The summed E-state index contributed by atoms with van der Waals surface area (Å²) in [5, 5.41) is 3.07. The fraction of sp³-hybridized carbons (Fsp3) is 0.118. The van der Waals surface area contributed by atoms with Crippen molar-refractivity contribution < 1.29 is 9.18 Å². The van der Waals surface area contributed by atoms with Crippen LogP contribution in [0.1, 0.15) is 21.5 Å². The molecule has 108 valence electrons. The van der Waals surface area contributed by atoms with Crippen LogP contribution >= 0.6 is 11.6 Å². The van der Waals surface area contributed by atoms with Crippen LogP contribution in [-0.4, -0.2) is 5.78 Å². The van der Waals surface area contributed by atoms with E-state index in [1.54, 1.807) is 6.07 Å². The lowest BCUT2D eigenvalue weighted by atomic mass is 10.0. The Hall–Kier alpha value is -2.13. The first-order valence-electron chi connectivity index (χ1n) is 6.47. The third-order valence-corrected chi connectivity index (χ3v) is 3.30. The van der Waals surface area contributed by atoms with Crippen molar-refractivity contribution in [2.24, 2.45) is 0 Å².